The highest BCUT2D eigenvalue weighted by Gasteiger charge is 2.06. The largest absolute Gasteiger partial charge is 0.493 e. The van der Waals surface area contributed by atoms with Gasteiger partial charge in [-0.05, 0) is 36.1 Å². The van der Waals surface area contributed by atoms with Gasteiger partial charge in [0.15, 0.2) is 11.5 Å². The number of rotatable bonds is 7. The van der Waals surface area contributed by atoms with Gasteiger partial charge in [-0.1, -0.05) is 36.4 Å². The van der Waals surface area contributed by atoms with Gasteiger partial charge in [0.1, 0.15) is 6.61 Å². The molecule has 0 N–H and O–H groups in total. The van der Waals surface area contributed by atoms with Gasteiger partial charge in [-0.15, -0.1) is 0 Å². The van der Waals surface area contributed by atoms with Gasteiger partial charge >= 0.3 is 0 Å². The maximum atomic E-state index is 8.57. The summed E-state index contributed by atoms with van der Waals surface area (Å²) in [7, 11) is 1.64. The van der Waals surface area contributed by atoms with E-state index in [0.29, 0.717) is 13.0 Å². The fourth-order valence-electron chi connectivity index (χ4n) is 2.09. The second-order valence-electron chi connectivity index (χ2n) is 4.77. The Labute approximate surface area is 125 Å². The molecule has 0 spiro atoms. The number of nitriles is 1. The van der Waals surface area contributed by atoms with Crippen molar-refractivity contribution in [1.82, 2.24) is 0 Å². The van der Waals surface area contributed by atoms with Gasteiger partial charge in [0.05, 0.1) is 13.2 Å². The second kappa shape index (κ2) is 7.96. The summed E-state index contributed by atoms with van der Waals surface area (Å²) in [6.07, 6.45) is 2.32. The smallest absolute Gasteiger partial charge is 0.161 e. The number of nitrogens with zero attached hydrogens (tertiary/aromatic N) is 1. The number of methoxy groups -OCH3 is 1. The number of aryl methyl sites for hydroxylation is 1. The zero-order valence-electron chi connectivity index (χ0n) is 12.2. The number of benzene rings is 2. The predicted octanol–water partition coefficient (Wildman–Crippen LogP) is 4.12. The first-order valence-corrected chi connectivity index (χ1v) is 7.04. The first kappa shape index (κ1) is 14.9. The van der Waals surface area contributed by atoms with Gasteiger partial charge in [-0.2, -0.15) is 5.26 Å². The quantitative estimate of drug-likeness (QED) is 0.717. The summed E-state index contributed by atoms with van der Waals surface area (Å²) >= 11 is 0. The average Bonchev–Trinajstić information content (AvgIpc) is 2.54. The van der Waals surface area contributed by atoms with Crippen LogP contribution in [0.5, 0.6) is 11.5 Å². The maximum Gasteiger partial charge on any atom is 0.161 e. The van der Waals surface area contributed by atoms with Crippen molar-refractivity contribution in [2.24, 2.45) is 0 Å². The van der Waals surface area contributed by atoms with E-state index >= 15 is 0 Å². The summed E-state index contributed by atoms with van der Waals surface area (Å²) in [6.45, 7) is 0.519. The van der Waals surface area contributed by atoms with Gasteiger partial charge in [-0.25, -0.2) is 0 Å². The molecule has 0 unspecified atom stereocenters. The molecule has 0 bridgehead atoms. The summed E-state index contributed by atoms with van der Waals surface area (Å²) < 4.78 is 11.2. The summed E-state index contributed by atoms with van der Waals surface area (Å²) in [6, 6.07) is 18.1. The Balaban J connectivity index is 2.01. The van der Waals surface area contributed by atoms with E-state index in [1.165, 1.54) is 0 Å². The number of ether oxygens (including phenoxy) is 2. The second-order valence-corrected chi connectivity index (χ2v) is 4.77. The molecule has 21 heavy (non-hydrogen) atoms. The minimum absolute atomic E-state index is 0.519. The van der Waals surface area contributed by atoms with Gasteiger partial charge in [-0.3, -0.25) is 0 Å². The monoisotopic (exact) mass is 281 g/mol. The molecule has 3 nitrogen and oxygen atoms in total. The molecule has 0 aromatic heterocycles. The Kier molecular flexibility index (Phi) is 5.66. The van der Waals surface area contributed by atoms with Crippen LogP contribution >= 0.6 is 0 Å². The first-order chi connectivity index (χ1) is 10.3. The van der Waals surface area contributed by atoms with E-state index in [4.69, 9.17) is 14.7 Å². The van der Waals surface area contributed by atoms with Crippen molar-refractivity contribution in [3.8, 4) is 17.6 Å². The maximum absolute atomic E-state index is 8.57. The highest BCUT2D eigenvalue weighted by Crippen LogP contribution is 2.29. The van der Waals surface area contributed by atoms with E-state index in [0.717, 1.165) is 35.5 Å². The van der Waals surface area contributed by atoms with Crippen LogP contribution in [0.2, 0.25) is 0 Å². The predicted molar refractivity (Wildman–Crippen MR) is 82.3 cm³/mol. The number of hydrogen-bond donors (Lipinski definition) is 0. The number of unbranched alkanes of at least 4 members (excludes halogenated alkanes) is 1. The molecule has 0 atom stereocenters. The van der Waals surface area contributed by atoms with Crippen LogP contribution in [0, 0.1) is 11.3 Å². The molecule has 108 valence electrons. The fourth-order valence-corrected chi connectivity index (χ4v) is 2.09. The number of hydrogen-bond acceptors (Lipinski definition) is 3. The highest BCUT2D eigenvalue weighted by molar-refractivity contribution is 5.43. The van der Waals surface area contributed by atoms with Crippen molar-refractivity contribution in [2.45, 2.75) is 25.9 Å². The normalized spacial score (nSPS) is 9.90. The zero-order valence-corrected chi connectivity index (χ0v) is 12.2. The van der Waals surface area contributed by atoms with E-state index < -0.39 is 0 Å². The lowest BCUT2D eigenvalue weighted by Crippen LogP contribution is -1.98. The molecule has 3 heteroatoms. The lowest BCUT2D eigenvalue weighted by molar-refractivity contribution is 0.284. The van der Waals surface area contributed by atoms with Gasteiger partial charge in [0.25, 0.3) is 0 Å². The summed E-state index contributed by atoms with van der Waals surface area (Å²) in [5, 5.41) is 8.57. The van der Waals surface area contributed by atoms with Crippen molar-refractivity contribution >= 4 is 0 Å². The third-order valence-electron chi connectivity index (χ3n) is 3.22. The van der Waals surface area contributed by atoms with Crippen molar-refractivity contribution in [2.75, 3.05) is 7.11 Å². The molecule has 0 radical (unpaired) electrons. The third kappa shape index (κ3) is 4.54. The molecule has 0 aliphatic carbocycles. The van der Waals surface area contributed by atoms with Crippen LogP contribution in [0.4, 0.5) is 0 Å². The third-order valence-corrected chi connectivity index (χ3v) is 3.22. The van der Waals surface area contributed by atoms with Crippen molar-refractivity contribution in [3.05, 3.63) is 59.7 Å². The Morgan fingerprint density at radius 3 is 2.52 bits per heavy atom. The summed E-state index contributed by atoms with van der Waals surface area (Å²) in [5.74, 6) is 1.48. The molecule has 0 saturated heterocycles. The lowest BCUT2D eigenvalue weighted by Gasteiger charge is -2.12. The molecule has 0 heterocycles. The first-order valence-electron chi connectivity index (χ1n) is 7.04. The topological polar surface area (TPSA) is 42.2 Å². The van der Waals surface area contributed by atoms with Crippen LogP contribution in [0.1, 0.15) is 24.0 Å². The van der Waals surface area contributed by atoms with E-state index in [1.807, 2.05) is 48.5 Å². The van der Waals surface area contributed by atoms with E-state index in [-0.39, 0.29) is 0 Å². The molecular weight excluding hydrogens is 262 g/mol. The van der Waals surface area contributed by atoms with E-state index in [2.05, 4.69) is 6.07 Å². The van der Waals surface area contributed by atoms with Gasteiger partial charge < -0.3 is 9.47 Å². The minimum atomic E-state index is 0.519. The van der Waals surface area contributed by atoms with E-state index in [9.17, 15) is 0 Å². The molecule has 2 rings (SSSR count). The molecular formula is C18H19NO2. The SMILES string of the molecule is COc1cc(CCCC#N)ccc1OCc1ccccc1. The van der Waals surface area contributed by atoms with Crippen molar-refractivity contribution in [3.63, 3.8) is 0 Å². The molecule has 0 saturated carbocycles. The Morgan fingerprint density at radius 1 is 1.00 bits per heavy atom. The van der Waals surface area contributed by atoms with Crippen LogP contribution in [0.25, 0.3) is 0 Å². The van der Waals surface area contributed by atoms with Crippen molar-refractivity contribution in [1.29, 1.82) is 5.26 Å². The van der Waals surface area contributed by atoms with Crippen LogP contribution in [-0.2, 0) is 13.0 Å². The molecule has 2 aromatic rings. The van der Waals surface area contributed by atoms with E-state index in [1.54, 1.807) is 7.11 Å². The lowest BCUT2D eigenvalue weighted by atomic mass is 10.1. The van der Waals surface area contributed by atoms with Crippen LogP contribution in [0.3, 0.4) is 0 Å². The van der Waals surface area contributed by atoms with Crippen LogP contribution in [-0.4, -0.2) is 7.11 Å². The summed E-state index contributed by atoms with van der Waals surface area (Å²) in [4.78, 5) is 0. The molecule has 0 aliphatic heterocycles. The van der Waals surface area contributed by atoms with Crippen LogP contribution in [0.15, 0.2) is 48.5 Å². The Hall–Kier alpha value is -2.47. The average molecular weight is 281 g/mol. The Morgan fingerprint density at radius 2 is 1.81 bits per heavy atom. The highest BCUT2D eigenvalue weighted by atomic mass is 16.5. The minimum Gasteiger partial charge on any atom is -0.493 e. The molecule has 0 amide bonds. The van der Waals surface area contributed by atoms with Gasteiger partial charge in [0, 0.05) is 6.42 Å². The van der Waals surface area contributed by atoms with Crippen molar-refractivity contribution < 1.29 is 9.47 Å². The standard InChI is InChI=1S/C18H19NO2/c1-20-18-13-15(7-5-6-12-19)10-11-17(18)21-14-16-8-3-2-4-9-16/h2-4,8-11,13H,5-7,14H2,1H3. The van der Waals surface area contributed by atoms with Crippen LogP contribution < -0.4 is 9.47 Å². The molecule has 0 aliphatic rings. The fraction of sp³-hybridized carbons (Fsp3) is 0.278. The molecule has 2 aromatic carbocycles. The molecule has 0 fully saturated rings. The Bertz CT molecular complexity index is 602. The van der Waals surface area contributed by atoms with Gasteiger partial charge in [0.2, 0.25) is 0 Å². The zero-order chi connectivity index (χ0) is 14.9. The summed E-state index contributed by atoms with van der Waals surface area (Å²) in [5.41, 5.74) is 2.28.